The summed E-state index contributed by atoms with van der Waals surface area (Å²) in [5.41, 5.74) is 5.94. The zero-order valence-corrected chi connectivity index (χ0v) is 12.7. The molecular formula is C13H21N3O2S. The highest BCUT2D eigenvalue weighted by atomic mass is 32.2. The van der Waals surface area contributed by atoms with Crippen molar-refractivity contribution in [2.45, 2.75) is 50.1 Å². The van der Waals surface area contributed by atoms with Crippen LogP contribution in [0.25, 0.3) is 0 Å². The van der Waals surface area contributed by atoms with E-state index in [0.29, 0.717) is 18.2 Å². The van der Waals surface area contributed by atoms with Crippen LogP contribution in [-0.2, 0) is 9.53 Å². The normalized spacial score (nSPS) is 15.6. The van der Waals surface area contributed by atoms with Gasteiger partial charge in [-0.05, 0) is 33.3 Å². The predicted molar refractivity (Wildman–Crippen MR) is 75.9 cm³/mol. The van der Waals surface area contributed by atoms with Crippen molar-refractivity contribution < 1.29 is 9.53 Å². The van der Waals surface area contributed by atoms with E-state index >= 15 is 0 Å². The van der Waals surface area contributed by atoms with Crippen LogP contribution in [-0.4, -0.2) is 33.3 Å². The van der Waals surface area contributed by atoms with E-state index in [0.717, 1.165) is 5.69 Å². The molecule has 0 bridgehead atoms. The molecule has 2 unspecified atom stereocenters. The summed E-state index contributed by atoms with van der Waals surface area (Å²) in [4.78, 5) is 20.2. The summed E-state index contributed by atoms with van der Waals surface area (Å²) in [6, 6.07) is 1.85. The van der Waals surface area contributed by atoms with E-state index in [1.807, 2.05) is 19.9 Å². The standard InChI is InChI=1S/C13H21N3O2S/c1-5-18-11(17)13(4,14)8-10(3)19-12-15-7-6-9(2)16-12/h6-7,10H,5,8,14H2,1-4H3. The molecule has 0 radical (unpaired) electrons. The molecule has 1 aromatic rings. The van der Waals surface area contributed by atoms with Crippen molar-refractivity contribution in [1.82, 2.24) is 9.97 Å². The number of rotatable bonds is 6. The van der Waals surface area contributed by atoms with Gasteiger partial charge < -0.3 is 10.5 Å². The molecule has 1 heterocycles. The summed E-state index contributed by atoms with van der Waals surface area (Å²) in [6.45, 7) is 7.73. The Balaban J connectivity index is 2.59. The Bertz CT molecular complexity index is 438. The Hall–Kier alpha value is -1.14. The van der Waals surface area contributed by atoms with Gasteiger partial charge in [0.1, 0.15) is 5.54 Å². The van der Waals surface area contributed by atoms with Crippen LogP contribution in [0.4, 0.5) is 0 Å². The van der Waals surface area contributed by atoms with Crippen molar-refractivity contribution in [3.8, 4) is 0 Å². The Kier molecular flexibility index (Phi) is 5.75. The number of hydrogen-bond donors (Lipinski definition) is 1. The third kappa shape index (κ3) is 5.16. The van der Waals surface area contributed by atoms with Crippen molar-refractivity contribution in [1.29, 1.82) is 0 Å². The van der Waals surface area contributed by atoms with E-state index in [-0.39, 0.29) is 11.2 Å². The highest BCUT2D eigenvalue weighted by Gasteiger charge is 2.32. The smallest absolute Gasteiger partial charge is 0.325 e. The number of hydrogen-bond acceptors (Lipinski definition) is 6. The Labute approximate surface area is 118 Å². The highest BCUT2D eigenvalue weighted by Crippen LogP contribution is 2.25. The average Bonchev–Trinajstić information content (AvgIpc) is 2.28. The van der Waals surface area contributed by atoms with Crippen LogP contribution in [0.15, 0.2) is 17.4 Å². The van der Waals surface area contributed by atoms with E-state index in [1.54, 1.807) is 20.0 Å². The average molecular weight is 283 g/mol. The zero-order valence-electron chi connectivity index (χ0n) is 11.8. The molecule has 5 nitrogen and oxygen atoms in total. The second kappa shape index (κ2) is 6.86. The van der Waals surface area contributed by atoms with Crippen molar-refractivity contribution in [2.24, 2.45) is 5.73 Å². The SMILES string of the molecule is CCOC(=O)C(C)(N)CC(C)Sc1nccc(C)n1. The lowest BCUT2D eigenvalue weighted by Crippen LogP contribution is -2.47. The van der Waals surface area contributed by atoms with Crippen LogP contribution in [0.1, 0.15) is 32.9 Å². The number of nitrogens with zero attached hydrogens (tertiary/aromatic N) is 2. The van der Waals surface area contributed by atoms with Gasteiger partial charge >= 0.3 is 5.97 Å². The summed E-state index contributed by atoms with van der Waals surface area (Å²) >= 11 is 1.51. The molecular weight excluding hydrogens is 262 g/mol. The minimum absolute atomic E-state index is 0.126. The summed E-state index contributed by atoms with van der Waals surface area (Å²) in [5.74, 6) is -0.368. The van der Waals surface area contributed by atoms with Crippen LogP contribution in [0.3, 0.4) is 0 Å². The van der Waals surface area contributed by atoms with Gasteiger partial charge in [0, 0.05) is 17.1 Å². The summed E-state index contributed by atoms with van der Waals surface area (Å²) in [7, 11) is 0. The summed E-state index contributed by atoms with van der Waals surface area (Å²) < 4.78 is 4.97. The minimum atomic E-state index is -0.980. The zero-order chi connectivity index (χ0) is 14.5. The number of thioether (sulfide) groups is 1. The lowest BCUT2D eigenvalue weighted by atomic mass is 9.98. The minimum Gasteiger partial charge on any atom is -0.465 e. The van der Waals surface area contributed by atoms with E-state index in [2.05, 4.69) is 9.97 Å². The van der Waals surface area contributed by atoms with E-state index in [1.165, 1.54) is 11.8 Å². The Morgan fingerprint density at radius 2 is 2.32 bits per heavy atom. The monoisotopic (exact) mass is 283 g/mol. The lowest BCUT2D eigenvalue weighted by Gasteiger charge is -2.25. The number of aryl methyl sites for hydroxylation is 1. The maximum absolute atomic E-state index is 11.7. The van der Waals surface area contributed by atoms with Gasteiger partial charge in [-0.3, -0.25) is 4.79 Å². The third-order valence-corrected chi connectivity index (χ3v) is 3.51. The molecule has 6 heteroatoms. The lowest BCUT2D eigenvalue weighted by molar-refractivity contribution is -0.149. The van der Waals surface area contributed by atoms with Crippen molar-refractivity contribution in [2.75, 3.05) is 6.61 Å². The molecule has 0 saturated heterocycles. The van der Waals surface area contributed by atoms with Gasteiger partial charge in [-0.15, -0.1) is 0 Å². The predicted octanol–water partition coefficient (Wildman–Crippen LogP) is 1.94. The molecule has 1 rings (SSSR count). The maximum atomic E-state index is 11.7. The molecule has 0 aromatic carbocycles. The third-order valence-electron chi connectivity index (χ3n) is 2.53. The van der Waals surface area contributed by atoms with Crippen LogP contribution in [0.2, 0.25) is 0 Å². The van der Waals surface area contributed by atoms with E-state index < -0.39 is 5.54 Å². The molecule has 2 atom stereocenters. The first kappa shape index (κ1) is 15.9. The fraction of sp³-hybridized carbons (Fsp3) is 0.615. The van der Waals surface area contributed by atoms with Gasteiger partial charge in [-0.1, -0.05) is 18.7 Å². The molecule has 106 valence electrons. The molecule has 0 saturated carbocycles. The molecule has 1 aromatic heterocycles. The number of esters is 1. The van der Waals surface area contributed by atoms with Gasteiger partial charge in [0.2, 0.25) is 0 Å². The molecule has 0 aliphatic heterocycles. The van der Waals surface area contributed by atoms with Crippen molar-refractivity contribution in [3.63, 3.8) is 0 Å². The second-order valence-electron chi connectivity index (χ2n) is 4.75. The van der Waals surface area contributed by atoms with E-state index in [9.17, 15) is 4.79 Å². The van der Waals surface area contributed by atoms with Crippen molar-refractivity contribution in [3.05, 3.63) is 18.0 Å². The molecule has 0 amide bonds. The number of ether oxygens (including phenoxy) is 1. The molecule has 0 aliphatic rings. The first-order chi connectivity index (χ1) is 8.85. The van der Waals surface area contributed by atoms with Crippen LogP contribution in [0.5, 0.6) is 0 Å². The molecule has 0 aliphatic carbocycles. The Morgan fingerprint density at radius 1 is 1.63 bits per heavy atom. The maximum Gasteiger partial charge on any atom is 0.325 e. The highest BCUT2D eigenvalue weighted by molar-refractivity contribution is 7.99. The number of carbonyl (C=O) groups excluding carboxylic acids is 1. The largest absolute Gasteiger partial charge is 0.465 e. The van der Waals surface area contributed by atoms with Crippen LogP contribution in [0, 0.1) is 6.92 Å². The fourth-order valence-corrected chi connectivity index (χ4v) is 2.79. The van der Waals surface area contributed by atoms with E-state index in [4.69, 9.17) is 10.5 Å². The molecule has 2 N–H and O–H groups in total. The van der Waals surface area contributed by atoms with Gasteiger partial charge in [0.25, 0.3) is 0 Å². The van der Waals surface area contributed by atoms with Gasteiger partial charge in [0.15, 0.2) is 5.16 Å². The molecule has 0 fully saturated rings. The molecule has 19 heavy (non-hydrogen) atoms. The number of carbonyl (C=O) groups is 1. The topological polar surface area (TPSA) is 78.1 Å². The number of nitrogens with two attached hydrogens (primary N) is 1. The summed E-state index contributed by atoms with van der Waals surface area (Å²) in [5, 5.41) is 0.827. The van der Waals surface area contributed by atoms with Gasteiger partial charge in [-0.25, -0.2) is 9.97 Å². The quantitative estimate of drug-likeness (QED) is 0.488. The van der Waals surface area contributed by atoms with Crippen molar-refractivity contribution >= 4 is 17.7 Å². The second-order valence-corrected chi connectivity index (χ2v) is 6.16. The summed E-state index contributed by atoms with van der Waals surface area (Å²) in [6.07, 6.45) is 2.23. The Morgan fingerprint density at radius 3 is 2.89 bits per heavy atom. The van der Waals surface area contributed by atoms with Crippen LogP contribution >= 0.6 is 11.8 Å². The number of aromatic nitrogens is 2. The van der Waals surface area contributed by atoms with Crippen LogP contribution < -0.4 is 5.73 Å². The van der Waals surface area contributed by atoms with Gasteiger partial charge in [0.05, 0.1) is 6.61 Å². The van der Waals surface area contributed by atoms with Gasteiger partial charge in [-0.2, -0.15) is 0 Å². The first-order valence-electron chi connectivity index (χ1n) is 6.27. The first-order valence-corrected chi connectivity index (χ1v) is 7.15. The fourth-order valence-electron chi connectivity index (χ4n) is 1.68. The molecule has 0 spiro atoms.